The number of amides is 1. The third-order valence-electron chi connectivity index (χ3n) is 5.32. The molecule has 3 aromatic carbocycles. The molecular weight excluding hydrogens is 428 g/mol. The second-order valence-electron chi connectivity index (χ2n) is 7.59. The van der Waals surface area contributed by atoms with E-state index in [2.05, 4.69) is 12.1 Å². The molecule has 168 valence electrons. The van der Waals surface area contributed by atoms with Gasteiger partial charge in [-0.05, 0) is 42.0 Å². The molecule has 0 saturated heterocycles. The fourth-order valence-corrected chi connectivity index (χ4v) is 3.63. The maximum atomic E-state index is 12.6. The highest BCUT2D eigenvalue weighted by Crippen LogP contribution is 2.29. The van der Waals surface area contributed by atoms with E-state index in [-0.39, 0.29) is 26.2 Å². The topological polar surface area (TPSA) is 89.6 Å². The standard InChI is InChI=1S/C27H22N4O3/c28-15-16-31(23-11-13-25(14-12-23)34-24-9-5-2-6-10-24)26-19-30(18-22(26)17-29)27(32)33-20-21-7-3-1-4-8-21/h1-14H,16,18-20H2. The highest BCUT2D eigenvalue weighted by Gasteiger charge is 2.31. The van der Waals surface area contributed by atoms with Crippen molar-refractivity contribution in [2.75, 3.05) is 24.5 Å². The van der Waals surface area contributed by atoms with Crippen LogP contribution in [0, 0.1) is 22.7 Å². The van der Waals surface area contributed by atoms with Gasteiger partial charge in [-0.1, -0.05) is 48.5 Å². The number of anilines is 1. The number of hydrogen-bond acceptors (Lipinski definition) is 6. The number of rotatable bonds is 7. The van der Waals surface area contributed by atoms with Crippen molar-refractivity contribution in [2.45, 2.75) is 6.61 Å². The minimum absolute atomic E-state index is 0.0340. The van der Waals surface area contributed by atoms with E-state index < -0.39 is 6.09 Å². The molecule has 0 spiro atoms. The van der Waals surface area contributed by atoms with Crippen molar-refractivity contribution in [3.05, 3.63) is 102 Å². The fraction of sp³-hybridized carbons (Fsp3) is 0.148. The zero-order chi connectivity index (χ0) is 23.8. The van der Waals surface area contributed by atoms with Crippen molar-refractivity contribution in [3.63, 3.8) is 0 Å². The SMILES string of the molecule is N#CCN(C1=C(C#N)CN(C(=O)OCc2ccccc2)C1)c1ccc(Oc2ccccc2)cc1. The van der Waals surface area contributed by atoms with Crippen LogP contribution in [-0.2, 0) is 11.3 Å². The lowest BCUT2D eigenvalue weighted by atomic mass is 10.2. The van der Waals surface area contributed by atoms with Crippen LogP contribution in [0.3, 0.4) is 0 Å². The van der Waals surface area contributed by atoms with Gasteiger partial charge in [-0.3, -0.25) is 4.90 Å². The molecule has 0 radical (unpaired) electrons. The van der Waals surface area contributed by atoms with Crippen LogP contribution in [0.25, 0.3) is 0 Å². The average Bonchev–Trinajstić information content (AvgIpc) is 3.32. The van der Waals surface area contributed by atoms with E-state index in [1.807, 2.05) is 72.8 Å². The van der Waals surface area contributed by atoms with Crippen LogP contribution in [0.5, 0.6) is 11.5 Å². The lowest BCUT2D eigenvalue weighted by Crippen LogP contribution is -2.33. The van der Waals surface area contributed by atoms with Crippen LogP contribution in [0.4, 0.5) is 10.5 Å². The van der Waals surface area contributed by atoms with E-state index in [1.165, 1.54) is 4.90 Å². The summed E-state index contributed by atoms with van der Waals surface area (Å²) in [5.74, 6) is 1.37. The molecule has 4 rings (SSSR count). The number of benzene rings is 3. The first-order valence-corrected chi connectivity index (χ1v) is 10.7. The highest BCUT2D eigenvalue weighted by molar-refractivity contribution is 5.71. The van der Waals surface area contributed by atoms with Gasteiger partial charge < -0.3 is 14.4 Å². The Morgan fingerprint density at radius 3 is 2.18 bits per heavy atom. The van der Waals surface area contributed by atoms with Crippen LogP contribution >= 0.6 is 0 Å². The van der Waals surface area contributed by atoms with Gasteiger partial charge in [-0.2, -0.15) is 10.5 Å². The number of carbonyl (C=O) groups excluding carboxylic acids is 1. The summed E-state index contributed by atoms with van der Waals surface area (Å²) in [6.07, 6.45) is -0.505. The normalized spacial score (nSPS) is 12.6. The van der Waals surface area contributed by atoms with E-state index in [0.29, 0.717) is 17.0 Å². The summed E-state index contributed by atoms with van der Waals surface area (Å²) in [5, 5.41) is 19.1. The highest BCUT2D eigenvalue weighted by atomic mass is 16.6. The Morgan fingerprint density at radius 1 is 0.882 bits per heavy atom. The van der Waals surface area contributed by atoms with Crippen molar-refractivity contribution in [2.24, 2.45) is 0 Å². The first-order valence-electron chi connectivity index (χ1n) is 10.7. The van der Waals surface area contributed by atoms with E-state index >= 15 is 0 Å². The molecule has 1 aliphatic rings. The van der Waals surface area contributed by atoms with E-state index in [4.69, 9.17) is 9.47 Å². The summed E-state index contributed by atoms with van der Waals surface area (Å²) in [5.41, 5.74) is 2.64. The van der Waals surface area contributed by atoms with Gasteiger partial charge in [-0.25, -0.2) is 4.79 Å². The smallest absolute Gasteiger partial charge is 0.410 e. The fourth-order valence-electron chi connectivity index (χ4n) is 3.63. The quantitative estimate of drug-likeness (QED) is 0.458. The summed E-state index contributed by atoms with van der Waals surface area (Å²) in [6, 6.07) is 30.4. The number of para-hydroxylation sites is 1. The second kappa shape index (κ2) is 10.7. The number of hydrogen-bond donors (Lipinski definition) is 0. The zero-order valence-corrected chi connectivity index (χ0v) is 18.4. The lowest BCUT2D eigenvalue weighted by Gasteiger charge is -2.25. The number of nitrogens with zero attached hydrogens (tertiary/aromatic N) is 4. The third kappa shape index (κ3) is 5.35. The Labute approximate surface area is 198 Å². The van der Waals surface area contributed by atoms with Crippen LogP contribution in [0.15, 0.2) is 96.2 Å². The molecule has 3 aromatic rings. The molecule has 1 aliphatic heterocycles. The lowest BCUT2D eigenvalue weighted by molar-refractivity contribution is 0.105. The van der Waals surface area contributed by atoms with Gasteiger partial charge in [0.2, 0.25) is 0 Å². The Morgan fingerprint density at radius 2 is 1.53 bits per heavy atom. The van der Waals surface area contributed by atoms with E-state index in [0.717, 1.165) is 17.0 Å². The molecular formula is C27H22N4O3. The van der Waals surface area contributed by atoms with Crippen molar-refractivity contribution in [1.29, 1.82) is 10.5 Å². The van der Waals surface area contributed by atoms with Crippen molar-refractivity contribution < 1.29 is 14.3 Å². The molecule has 1 amide bonds. The molecule has 7 nitrogen and oxygen atoms in total. The molecule has 0 aromatic heterocycles. The molecule has 34 heavy (non-hydrogen) atoms. The molecule has 0 atom stereocenters. The second-order valence-corrected chi connectivity index (χ2v) is 7.59. The maximum absolute atomic E-state index is 12.6. The Kier molecular flexibility index (Phi) is 7.07. The molecule has 0 aliphatic carbocycles. The van der Waals surface area contributed by atoms with Gasteiger partial charge in [0.1, 0.15) is 24.7 Å². The Hall–Kier alpha value is -4.75. The van der Waals surface area contributed by atoms with Crippen LogP contribution in [-0.4, -0.2) is 30.6 Å². The largest absolute Gasteiger partial charge is 0.457 e. The molecule has 0 unspecified atom stereocenters. The summed E-state index contributed by atoms with van der Waals surface area (Å²) in [6.45, 7) is 0.502. The van der Waals surface area contributed by atoms with Gasteiger partial charge >= 0.3 is 6.09 Å². The number of ether oxygens (including phenoxy) is 2. The van der Waals surface area contributed by atoms with E-state index in [1.54, 1.807) is 17.0 Å². The molecule has 1 heterocycles. The summed E-state index contributed by atoms with van der Waals surface area (Å²) >= 11 is 0. The van der Waals surface area contributed by atoms with Gasteiger partial charge in [0.15, 0.2) is 0 Å². The Bertz CT molecular complexity index is 1240. The van der Waals surface area contributed by atoms with Crippen LogP contribution < -0.4 is 9.64 Å². The van der Waals surface area contributed by atoms with Gasteiger partial charge in [0.05, 0.1) is 36.5 Å². The summed E-state index contributed by atoms with van der Waals surface area (Å²) in [4.78, 5) is 15.8. The van der Waals surface area contributed by atoms with Crippen molar-refractivity contribution in [3.8, 4) is 23.6 Å². The Balaban J connectivity index is 1.46. The minimum Gasteiger partial charge on any atom is -0.457 e. The number of nitriles is 2. The molecule has 0 saturated carbocycles. The predicted molar refractivity (Wildman–Crippen MR) is 127 cm³/mol. The van der Waals surface area contributed by atoms with E-state index in [9.17, 15) is 15.3 Å². The van der Waals surface area contributed by atoms with Gasteiger partial charge in [-0.15, -0.1) is 0 Å². The average molecular weight is 450 g/mol. The molecule has 0 bridgehead atoms. The van der Waals surface area contributed by atoms with Gasteiger partial charge in [0.25, 0.3) is 0 Å². The van der Waals surface area contributed by atoms with Crippen LogP contribution in [0.2, 0.25) is 0 Å². The summed E-state index contributed by atoms with van der Waals surface area (Å²) < 4.78 is 11.3. The maximum Gasteiger partial charge on any atom is 0.410 e. The molecule has 0 N–H and O–H groups in total. The van der Waals surface area contributed by atoms with Crippen molar-refractivity contribution >= 4 is 11.8 Å². The number of carbonyl (C=O) groups is 1. The summed E-state index contributed by atoms with van der Waals surface area (Å²) in [7, 11) is 0. The molecule has 7 heteroatoms. The van der Waals surface area contributed by atoms with Crippen LogP contribution in [0.1, 0.15) is 5.56 Å². The minimum atomic E-state index is -0.505. The predicted octanol–water partition coefficient (Wildman–Crippen LogP) is 5.24. The first-order chi connectivity index (χ1) is 16.7. The third-order valence-corrected chi connectivity index (χ3v) is 5.32. The van der Waals surface area contributed by atoms with Crippen molar-refractivity contribution in [1.82, 2.24) is 4.90 Å². The molecule has 0 fully saturated rings. The zero-order valence-electron chi connectivity index (χ0n) is 18.4. The first kappa shape index (κ1) is 22.4. The van der Waals surface area contributed by atoms with Gasteiger partial charge in [0, 0.05) is 5.69 Å². The monoisotopic (exact) mass is 450 g/mol.